The molecule has 0 amide bonds. The average molecular weight is 144 g/mol. The second kappa shape index (κ2) is 3.35. The van der Waals surface area contributed by atoms with Gasteiger partial charge in [0.05, 0.1) is 18.3 Å². The standard InChI is InChI=1S/C8H16O2/c1-6-4-3-5-8(10-6)7(2)9/h6-9H,3-5H2,1-2H3/t6-,7?,8?/m0/s1. The minimum atomic E-state index is -0.303. The largest absolute Gasteiger partial charge is 0.391 e. The van der Waals surface area contributed by atoms with Gasteiger partial charge in [-0.2, -0.15) is 0 Å². The van der Waals surface area contributed by atoms with E-state index in [1.807, 2.05) is 0 Å². The van der Waals surface area contributed by atoms with Gasteiger partial charge in [0.15, 0.2) is 0 Å². The molecule has 0 bridgehead atoms. The van der Waals surface area contributed by atoms with Gasteiger partial charge >= 0.3 is 0 Å². The highest BCUT2D eigenvalue weighted by Crippen LogP contribution is 2.20. The van der Waals surface area contributed by atoms with Gasteiger partial charge in [-0.1, -0.05) is 0 Å². The summed E-state index contributed by atoms with van der Waals surface area (Å²) in [5, 5.41) is 9.17. The molecule has 10 heavy (non-hydrogen) atoms. The molecule has 1 heterocycles. The van der Waals surface area contributed by atoms with Crippen LogP contribution in [0.2, 0.25) is 0 Å². The summed E-state index contributed by atoms with van der Waals surface area (Å²) in [6, 6.07) is 0. The third-order valence-corrected chi connectivity index (χ3v) is 2.04. The number of rotatable bonds is 1. The summed E-state index contributed by atoms with van der Waals surface area (Å²) in [5.41, 5.74) is 0. The van der Waals surface area contributed by atoms with Crippen LogP contribution in [0.1, 0.15) is 33.1 Å². The summed E-state index contributed by atoms with van der Waals surface area (Å²) in [7, 11) is 0. The van der Waals surface area contributed by atoms with Gasteiger partial charge in [0.2, 0.25) is 0 Å². The highest BCUT2D eigenvalue weighted by molar-refractivity contribution is 4.71. The summed E-state index contributed by atoms with van der Waals surface area (Å²) >= 11 is 0. The maximum absolute atomic E-state index is 9.17. The van der Waals surface area contributed by atoms with Crippen LogP contribution in [0.25, 0.3) is 0 Å². The van der Waals surface area contributed by atoms with Crippen LogP contribution >= 0.6 is 0 Å². The molecule has 0 spiro atoms. The van der Waals surface area contributed by atoms with Crippen molar-refractivity contribution in [2.24, 2.45) is 0 Å². The van der Waals surface area contributed by atoms with Crippen molar-refractivity contribution in [3.05, 3.63) is 0 Å². The van der Waals surface area contributed by atoms with Gasteiger partial charge in [0.1, 0.15) is 0 Å². The summed E-state index contributed by atoms with van der Waals surface area (Å²) in [6.45, 7) is 3.86. The normalized spacial score (nSPS) is 37.5. The van der Waals surface area contributed by atoms with E-state index < -0.39 is 0 Å². The predicted octanol–water partition coefficient (Wildman–Crippen LogP) is 1.32. The molecule has 1 aliphatic rings. The third kappa shape index (κ3) is 1.96. The first-order valence-electron chi connectivity index (χ1n) is 4.03. The molecule has 2 unspecified atom stereocenters. The number of aliphatic hydroxyl groups excluding tert-OH is 1. The molecule has 60 valence electrons. The maximum Gasteiger partial charge on any atom is 0.0834 e. The maximum atomic E-state index is 9.17. The van der Waals surface area contributed by atoms with Crippen molar-refractivity contribution in [1.82, 2.24) is 0 Å². The molecule has 1 aliphatic heterocycles. The summed E-state index contributed by atoms with van der Waals surface area (Å²) in [4.78, 5) is 0. The number of hydrogen-bond acceptors (Lipinski definition) is 2. The Hall–Kier alpha value is -0.0800. The van der Waals surface area contributed by atoms with Crippen molar-refractivity contribution in [2.45, 2.75) is 51.4 Å². The topological polar surface area (TPSA) is 29.5 Å². The number of aliphatic hydroxyl groups is 1. The van der Waals surface area contributed by atoms with Gasteiger partial charge in [0.25, 0.3) is 0 Å². The highest BCUT2D eigenvalue weighted by Gasteiger charge is 2.22. The average Bonchev–Trinajstić information content (AvgIpc) is 1.88. The van der Waals surface area contributed by atoms with Gasteiger partial charge in [-0.05, 0) is 33.1 Å². The number of ether oxygens (including phenoxy) is 1. The molecule has 0 aromatic carbocycles. The first-order chi connectivity index (χ1) is 4.70. The zero-order chi connectivity index (χ0) is 7.56. The predicted molar refractivity (Wildman–Crippen MR) is 39.9 cm³/mol. The zero-order valence-corrected chi connectivity index (χ0v) is 6.71. The molecule has 0 saturated carbocycles. The van der Waals surface area contributed by atoms with Gasteiger partial charge in [-0.3, -0.25) is 0 Å². The molecular weight excluding hydrogens is 128 g/mol. The van der Waals surface area contributed by atoms with Crippen LogP contribution in [0.4, 0.5) is 0 Å². The fourth-order valence-corrected chi connectivity index (χ4v) is 1.40. The molecule has 0 aliphatic carbocycles. The second-order valence-corrected chi connectivity index (χ2v) is 3.16. The molecule has 1 saturated heterocycles. The molecule has 3 atom stereocenters. The van der Waals surface area contributed by atoms with Crippen LogP contribution in [0, 0.1) is 0 Å². The Bertz CT molecular complexity index is 101. The van der Waals surface area contributed by atoms with Crippen LogP contribution in [0.5, 0.6) is 0 Å². The lowest BCUT2D eigenvalue weighted by Crippen LogP contribution is -2.33. The molecule has 1 fully saturated rings. The van der Waals surface area contributed by atoms with Gasteiger partial charge in [-0.15, -0.1) is 0 Å². The van der Waals surface area contributed by atoms with E-state index in [2.05, 4.69) is 6.92 Å². The van der Waals surface area contributed by atoms with E-state index in [1.54, 1.807) is 6.92 Å². The number of hydrogen-bond donors (Lipinski definition) is 1. The summed E-state index contributed by atoms with van der Waals surface area (Å²) < 4.78 is 5.50. The van der Waals surface area contributed by atoms with E-state index in [4.69, 9.17) is 9.84 Å². The van der Waals surface area contributed by atoms with Crippen molar-refractivity contribution in [3.8, 4) is 0 Å². The summed E-state index contributed by atoms with van der Waals surface area (Å²) in [5.74, 6) is 0. The van der Waals surface area contributed by atoms with E-state index in [0.717, 1.165) is 12.8 Å². The first kappa shape index (κ1) is 8.02. The van der Waals surface area contributed by atoms with Crippen molar-refractivity contribution in [1.29, 1.82) is 0 Å². The third-order valence-electron chi connectivity index (χ3n) is 2.04. The van der Waals surface area contributed by atoms with Crippen LogP contribution in [-0.2, 0) is 4.74 Å². The van der Waals surface area contributed by atoms with E-state index >= 15 is 0 Å². The molecule has 0 aromatic heterocycles. The molecule has 2 heteroatoms. The van der Waals surface area contributed by atoms with Crippen LogP contribution in [-0.4, -0.2) is 23.4 Å². The Kier molecular flexibility index (Phi) is 2.69. The van der Waals surface area contributed by atoms with Crippen molar-refractivity contribution >= 4 is 0 Å². The Morgan fingerprint density at radius 2 is 2.20 bits per heavy atom. The van der Waals surface area contributed by atoms with E-state index in [1.165, 1.54) is 6.42 Å². The minimum absolute atomic E-state index is 0.0868. The van der Waals surface area contributed by atoms with Gasteiger partial charge in [0, 0.05) is 0 Å². The Morgan fingerprint density at radius 1 is 1.50 bits per heavy atom. The van der Waals surface area contributed by atoms with Gasteiger partial charge < -0.3 is 9.84 Å². The van der Waals surface area contributed by atoms with Crippen LogP contribution in [0.15, 0.2) is 0 Å². The van der Waals surface area contributed by atoms with E-state index in [-0.39, 0.29) is 12.2 Å². The summed E-state index contributed by atoms with van der Waals surface area (Å²) in [6.07, 6.45) is 3.47. The Labute approximate surface area is 62.2 Å². The first-order valence-corrected chi connectivity index (χ1v) is 4.03. The SMILES string of the molecule is CC(O)C1CCC[C@H](C)O1. The fraction of sp³-hybridized carbons (Fsp3) is 1.00. The molecule has 1 rings (SSSR count). The molecule has 0 aromatic rings. The van der Waals surface area contributed by atoms with Crippen molar-refractivity contribution in [3.63, 3.8) is 0 Å². The monoisotopic (exact) mass is 144 g/mol. The zero-order valence-electron chi connectivity index (χ0n) is 6.71. The Balaban J connectivity index is 2.32. The Morgan fingerprint density at radius 3 is 2.60 bits per heavy atom. The van der Waals surface area contributed by atoms with E-state index in [0.29, 0.717) is 6.10 Å². The molecular formula is C8H16O2. The van der Waals surface area contributed by atoms with E-state index in [9.17, 15) is 0 Å². The van der Waals surface area contributed by atoms with Crippen LogP contribution < -0.4 is 0 Å². The van der Waals surface area contributed by atoms with Gasteiger partial charge in [-0.25, -0.2) is 0 Å². The highest BCUT2D eigenvalue weighted by atomic mass is 16.5. The quantitative estimate of drug-likeness (QED) is 0.601. The molecule has 2 nitrogen and oxygen atoms in total. The lowest BCUT2D eigenvalue weighted by molar-refractivity contribution is -0.0926. The second-order valence-electron chi connectivity index (χ2n) is 3.16. The van der Waals surface area contributed by atoms with Crippen molar-refractivity contribution < 1.29 is 9.84 Å². The lowest BCUT2D eigenvalue weighted by Gasteiger charge is -2.29. The lowest BCUT2D eigenvalue weighted by atomic mass is 10.0. The van der Waals surface area contributed by atoms with Crippen molar-refractivity contribution in [2.75, 3.05) is 0 Å². The molecule has 0 radical (unpaired) electrons. The fourth-order valence-electron chi connectivity index (χ4n) is 1.40. The minimum Gasteiger partial charge on any atom is -0.391 e. The molecule has 1 N–H and O–H groups in total. The van der Waals surface area contributed by atoms with Crippen LogP contribution in [0.3, 0.4) is 0 Å². The smallest absolute Gasteiger partial charge is 0.0834 e.